The molecule has 0 spiro atoms. The minimum Gasteiger partial charge on any atom is -0.338 e. The molecule has 2 aromatic carbocycles. The molecule has 0 saturated carbocycles. The van der Waals surface area contributed by atoms with Crippen molar-refractivity contribution in [3.8, 4) is 0 Å². The van der Waals surface area contributed by atoms with Gasteiger partial charge in [0, 0.05) is 5.39 Å². The fourth-order valence-electron chi connectivity index (χ4n) is 2.61. The van der Waals surface area contributed by atoms with Crippen LogP contribution in [0.3, 0.4) is 0 Å². The van der Waals surface area contributed by atoms with E-state index in [1.807, 2.05) is 6.07 Å². The molecule has 3 aromatic rings. The Balaban J connectivity index is 0.00000176. The molecule has 1 aromatic heterocycles. The van der Waals surface area contributed by atoms with Gasteiger partial charge in [-0.15, -0.1) is 12.4 Å². The lowest BCUT2D eigenvalue weighted by atomic mass is 10.0. The van der Waals surface area contributed by atoms with Gasteiger partial charge in [0.1, 0.15) is 11.6 Å². The van der Waals surface area contributed by atoms with Crippen LogP contribution in [0.4, 0.5) is 15.9 Å². The SMILES string of the molecule is Cc1cc(C)c2nc(Nc3ccccc3F)cc(C)c2c1.Cl. The summed E-state index contributed by atoms with van der Waals surface area (Å²) >= 11 is 0. The van der Waals surface area contributed by atoms with Crippen molar-refractivity contribution in [1.82, 2.24) is 4.98 Å². The Kier molecular flexibility index (Phi) is 4.67. The molecule has 0 amide bonds. The van der Waals surface area contributed by atoms with Gasteiger partial charge in [0.05, 0.1) is 11.2 Å². The minimum atomic E-state index is -0.280. The molecule has 1 N–H and O–H groups in total. The van der Waals surface area contributed by atoms with E-state index in [2.05, 4.69) is 43.2 Å². The van der Waals surface area contributed by atoms with Gasteiger partial charge in [0.2, 0.25) is 0 Å². The van der Waals surface area contributed by atoms with Crippen molar-refractivity contribution in [1.29, 1.82) is 0 Å². The van der Waals surface area contributed by atoms with Gasteiger partial charge in [0.15, 0.2) is 0 Å². The number of halogens is 2. The first-order chi connectivity index (χ1) is 10.0. The van der Waals surface area contributed by atoms with Crippen LogP contribution >= 0.6 is 12.4 Å². The summed E-state index contributed by atoms with van der Waals surface area (Å²) in [5, 5.41) is 4.21. The zero-order chi connectivity index (χ0) is 15.0. The van der Waals surface area contributed by atoms with Crippen LogP contribution in [0.2, 0.25) is 0 Å². The molecule has 1 heterocycles. The smallest absolute Gasteiger partial charge is 0.146 e. The second kappa shape index (κ2) is 6.32. The molecule has 114 valence electrons. The summed E-state index contributed by atoms with van der Waals surface area (Å²) in [5.41, 5.74) is 4.88. The van der Waals surface area contributed by atoms with E-state index in [1.165, 1.54) is 11.6 Å². The van der Waals surface area contributed by atoms with Crippen molar-refractivity contribution in [2.45, 2.75) is 20.8 Å². The van der Waals surface area contributed by atoms with Crippen LogP contribution in [0, 0.1) is 26.6 Å². The Morgan fingerprint density at radius 1 is 0.955 bits per heavy atom. The summed E-state index contributed by atoms with van der Waals surface area (Å²) in [6.07, 6.45) is 0. The maximum absolute atomic E-state index is 13.7. The average molecular weight is 317 g/mol. The molecule has 2 nitrogen and oxygen atoms in total. The highest BCUT2D eigenvalue weighted by Crippen LogP contribution is 2.26. The average Bonchev–Trinajstić information content (AvgIpc) is 2.43. The summed E-state index contributed by atoms with van der Waals surface area (Å²) in [6, 6.07) is 12.8. The van der Waals surface area contributed by atoms with Gasteiger partial charge < -0.3 is 5.32 Å². The molecule has 0 radical (unpaired) electrons. The van der Waals surface area contributed by atoms with Crippen molar-refractivity contribution in [3.05, 3.63) is 65.0 Å². The third kappa shape index (κ3) is 3.04. The quantitative estimate of drug-likeness (QED) is 0.678. The number of nitrogens with one attached hydrogen (secondary N) is 1. The van der Waals surface area contributed by atoms with Gasteiger partial charge in [0.25, 0.3) is 0 Å². The topological polar surface area (TPSA) is 24.9 Å². The number of aryl methyl sites for hydroxylation is 3. The first-order valence-corrected chi connectivity index (χ1v) is 6.95. The summed E-state index contributed by atoms with van der Waals surface area (Å²) in [5.74, 6) is 0.384. The van der Waals surface area contributed by atoms with Crippen LogP contribution in [-0.2, 0) is 0 Å². The van der Waals surface area contributed by atoms with Crippen molar-refractivity contribution >= 4 is 34.8 Å². The van der Waals surface area contributed by atoms with Crippen molar-refractivity contribution < 1.29 is 4.39 Å². The van der Waals surface area contributed by atoms with E-state index < -0.39 is 0 Å². The molecule has 0 bridgehead atoms. The fraction of sp³-hybridized carbons (Fsp3) is 0.167. The molecule has 0 atom stereocenters. The van der Waals surface area contributed by atoms with E-state index in [4.69, 9.17) is 0 Å². The largest absolute Gasteiger partial charge is 0.338 e. The third-order valence-electron chi connectivity index (χ3n) is 3.59. The zero-order valence-electron chi connectivity index (χ0n) is 12.8. The minimum absolute atomic E-state index is 0. The third-order valence-corrected chi connectivity index (χ3v) is 3.59. The first kappa shape index (κ1) is 16.2. The Labute approximate surface area is 135 Å². The molecule has 0 fully saturated rings. The van der Waals surface area contributed by atoms with Crippen LogP contribution in [0.25, 0.3) is 10.9 Å². The van der Waals surface area contributed by atoms with Gasteiger partial charge in [-0.05, 0) is 56.2 Å². The van der Waals surface area contributed by atoms with Crippen LogP contribution in [-0.4, -0.2) is 4.98 Å². The van der Waals surface area contributed by atoms with E-state index >= 15 is 0 Å². The number of hydrogen-bond acceptors (Lipinski definition) is 2. The highest BCUT2D eigenvalue weighted by Gasteiger charge is 2.08. The maximum Gasteiger partial charge on any atom is 0.146 e. The van der Waals surface area contributed by atoms with Crippen molar-refractivity contribution in [2.75, 3.05) is 5.32 Å². The van der Waals surface area contributed by atoms with Crippen LogP contribution in [0.1, 0.15) is 16.7 Å². The van der Waals surface area contributed by atoms with Gasteiger partial charge >= 0.3 is 0 Å². The Morgan fingerprint density at radius 2 is 1.68 bits per heavy atom. The monoisotopic (exact) mass is 316 g/mol. The standard InChI is InChI=1S/C18H17FN2.ClH/c1-11-8-13(3)18-14(9-11)12(2)10-17(21-18)20-16-7-5-4-6-15(16)19;/h4-10H,1-3H3,(H,20,21);1H. The molecule has 0 aliphatic carbocycles. The summed E-state index contributed by atoms with van der Waals surface area (Å²) in [4.78, 5) is 4.64. The molecule has 0 unspecified atom stereocenters. The first-order valence-electron chi connectivity index (χ1n) is 6.95. The number of nitrogens with zero attached hydrogens (tertiary/aromatic N) is 1. The lowest BCUT2D eigenvalue weighted by Crippen LogP contribution is -1.98. The van der Waals surface area contributed by atoms with Crippen LogP contribution in [0.5, 0.6) is 0 Å². The van der Waals surface area contributed by atoms with E-state index in [0.717, 1.165) is 22.0 Å². The number of fused-ring (bicyclic) bond motifs is 1. The molecule has 0 saturated heterocycles. The summed E-state index contributed by atoms with van der Waals surface area (Å²) in [6.45, 7) is 6.18. The number of hydrogen-bond donors (Lipinski definition) is 1. The summed E-state index contributed by atoms with van der Waals surface area (Å²) in [7, 11) is 0. The van der Waals surface area contributed by atoms with Crippen LogP contribution < -0.4 is 5.32 Å². The predicted octanol–water partition coefficient (Wildman–Crippen LogP) is 5.46. The Bertz CT molecular complexity index is 831. The lowest BCUT2D eigenvalue weighted by molar-refractivity contribution is 0.632. The van der Waals surface area contributed by atoms with Gasteiger partial charge in [-0.3, -0.25) is 0 Å². The number of rotatable bonds is 2. The second-order valence-electron chi connectivity index (χ2n) is 5.41. The van der Waals surface area contributed by atoms with Gasteiger partial charge in [-0.1, -0.05) is 23.8 Å². The van der Waals surface area contributed by atoms with E-state index in [-0.39, 0.29) is 18.2 Å². The highest BCUT2D eigenvalue weighted by molar-refractivity contribution is 5.87. The van der Waals surface area contributed by atoms with E-state index in [0.29, 0.717) is 11.5 Å². The number of benzene rings is 2. The predicted molar refractivity (Wildman–Crippen MR) is 92.9 cm³/mol. The zero-order valence-corrected chi connectivity index (χ0v) is 13.6. The number of pyridine rings is 1. The molecule has 4 heteroatoms. The maximum atomic E-state index is 13.7. The molecule has 3 rings (SSSR count). The fourth-order valence-corrected chi connectivity index (χ4v) is 2.61. The molecular formula is C18H18ClFN2. The molecular weight excluding hydrogens is 299 g/mol. The second-order valence-corrected chi connectivity index (χ2v) is 5.41. The lowest BCUT2D eigenvalue weighted by Gasteiger charge is -2.12. The molecule has 0 aliphatic heterocycles. The Hall–Kier alpha value is -2.13. The normalized spacial score (nSPS) is 10.4. The van der Waals surface area contributed by atoms with E-state index in [9.17, 15) is 4.39 Å². The van der Waals surface area contributed by atoms with Crippen molar-refractivity contribution in [2.24, 2.45) is 0 Å². The van der Waals surface area contributed by atoms with E-state index in [1.54, 1.807) is 18.2 Å². The highest BCUT2D eigenvalue weighted by atomic mass is 35.5. The number of aromatic nitrogens is 1. The van der Waals surface area contributed by atoms with Gasteiger partial charge in [-0.25, -0.2) is 9.37 Å². The van der Waals surface area contributed by atoms with Gasteiger partial charge in [-0.2, -0.15) is 0 Å². The van der Waals surface area contributed by atoms with Crippen LogP contribution in [0.15, 0.2) is 42.5 Å². The molecule has 22 heavy (non-hydrogen) atoms. The Morgan fingerprint density at radius 3 is 2.41 bits per heavy atom. The summed E-state index contributed by atoms with van der Waals surface area (Å²) < 4.78 is 13.7. The number of anilines is 2. The van der Waals surface area contributed by atoms with Crippen molar-refractivity contribution in [3.63, 3.8) is 0 Å². The molecule has 0 aliphatic rings. The number of para-hydroxylation sites is 1.